The fraction of sp³-hybridized carbons (Fsp3) is 0.222. The van der Waals surface area contributed by atoms with Gasteiger partial charge < -0.3 is 19.9 Å². The van der Waals surface area contributed by atoms with E-state index in [1.165, 1.54) is 11.0 Å². The Morgan fingerprint density at radius 2 is 1.97 bits per heavy atom. The van der Waals surface area contributed by atoms with E-state index in [0.717, 1.165) is 11.4 Å². The van der Waals surface area contributed by atoms with Gasteiger partial charge in [0.1, 0.15) is 11.1 Å². The summed E-state index contributed by atoms with van der Waals surface area (Å²) in [7, 11) is 1.59. The summed E-state index contributed by atoms with van der Waals surface area (Å²) >= 11 is 16.7. The second kappa shape index (κ2) is 12.8. The van der Waals surface area contributed by atoms with Crippen LogP contribution in [0.25, 0.3) is 6.08 Å². The third kappa shape index (κ3) is 7.20. The molecule has 7 nitrogen and oxygen atoms in total. The molecule has 2 heterocycles. The zero-order chi connectivity index (χ0) is 26.6. The number of anilines is 1. The van der Waals surface area contributed by atoms with E-state index in [9.17, 15) is 9.59 Å². The first-order chi connectivity index (χ1) is 17.6. The molecular formula is C27H26BrCl3N4O3. The van der Waals surface area contributed by atoms with Gasteiger partial charge in [0.25, 0.3) is 0 Å². The molecule has 0 fully saturated rings. The molecule has 11 heteroatoms. The Labute approximate surface area is 246 Å². The van der Waals surface area contributed by atoms with Crippen LogP contribution in [0.1, 0.15) is 18.1 Å². The average molecular weight is 641 g/mol. The highest BCUT2D eigenvalue weighted by molar-refractivity contribution is 9.10. The second-order valence-corrected chi connectivity index (χ2v) is 11.1. The maximum absolute atomic E-state index is 12.8. The molecule has 0 bridgehead atoms. The standard InChI is InChI=1S/C27H25BrCl2N4O3.ClH/c1-27(28)17-34-14-6-9-22(26(34)32-27)37-16-19-20(29)11-12-21(25(19)30)33(2)24(36)15-31-23(35)13-10-18-7-4-3-5-8-18;/h3-14H,15-17H2,1-2H3,(H,31,35);1H. The van der Waals surface area contributed by atoms with Gasteiger partial charge >= 0.3 is 0 Å². The summed E-state index contributed by atoms with van der Waals surface area (Å²) in [4.78, 5) is 33.0. The molecule has 0 aromatic heterocycles. The van der Waals surface area contributed by atoms with Crippen LogP contribution in [-0.4, -0.2) is 47.1 Å². The van der Waals surface area contributed by atoms with Crippen molar-refractivity contribution in [2.45, 2.75) is 18.0 Å². The number of carbonyl (C=O) groups excluding carboxylic acids is 2. The van der Waals surface area contributed by atoms with Crippen LogP contribution in [0.3, 0.4) is 0 Å². The number of rotatable bonds is 8. The van der Waals surface area contributed by atoms with Crippen molar-refractivity contribution < 1.29 is 14.3 Å². The predicted octanol–water partition coefficient (Wildman–Crippen LogP) is 5.96. The minimum Gasteiger partial charge on any atom is -0.485 e. The summed E-state index contributed by atoms with van der Waals surface area (Å²) in [5.74, 6) is 0.596. The number of aliphatic imine (C=N–C) groups is 1. The Kier molecular flexibility index (Phi) is 10.1. The first-order valence-electron chi connectivity index (χ1n) is 11.5. The van der Waals surface area contributed by atoms with Crippen molar-refractivity contribution in [3.63, 3.8) is 0 Å². The van der Waals surface area contributed by atoms with E-state index in [-0.39, 0.29) is 37.4 Å². The number of amides is 2. The number of alkyl halides is 1. The Morgan fingerprint density at radius 1 is 1.24 bits per heavy atom. The van der Waals surface area contributed by atoms with Gasteiger partial charge in [-0.05, 0) is 42.8 Å². The number of hydrogen-bond donors (Lipinski definition) is 1. The molecule has 38 heavy (non-hydrogen) atoms. The molecule has 0 saturated carbocycles. The minimum atomic E-state index is -0.398. The zero-order valence-corrected chi connectivity index (χ0v) is 24.6. The van der Waals surface area contributed by atoms with Crippen LogP contribution in [0.2, 0.25) is 10.0 Å². The first-order valence-corrected chi connectivity index (χ1v) is 13.0. The van der Waals surface area contributed by atoms with Gasteiger partial charge in [-0.3, -0.25) is 9.59 Å². The number of nitrogens with one attached hydrogen (secondary N) is 1. The van der Waals surface area contributed by atoms with Crippen LogP contribution in [0.15, 0.2) is 77.6 Å². The molecule has 0 radical (unpaired) electrons. The third-order valence-electron chi connectivity index (χ3n) is 5.72. The molecule has 1 unspecified atom stereocenters. The van der Waals surface area contributed by atoms with Gasteiger partial charge in [0.05, 0.1) is 23.8 Å². The number of fused-ring (bicyclic) bond motifs is 1. The molecular weight excluding hydrogens is 615 g/mol. The third-order valence-corrected chi connectivity index (χ3v) is 6.92. The van der Waals surface area contributed by atoms with Crippen LogP contribution in [-0.2, 0) is 20.9 Å². The lowest BCUT2D eigenvalue weighted by molar-refractivity contribution is -0.122. The molecule has 4 rings (SSSR count). The second-order valence-electron chi connectivity index (χ2n) is 8.64. The highest BCUT2D eigenvalue weighted by Crippen LogP contribution is 2.36. The number of hydrogen-bond acceptors (Lipinski definition) is 5. The van der Waals surface area contributed by atoms with Crippen molar-refractivity contribution in [2.24, 2.45) is 4.99 Å². The molecule has 1 atom stereocenters. The van der Waals surface area contributed by atoms with Gasteiger partial charge in [-0.2, -0.15) is 0 Å². The van der Waals surface area contributed by atoms with Crippen LogP contribution >= 0.6 is 51.5 Å². The number of ether oxygens (including phenoxy) is 1. The van der Waals surface area contributed by atoms with E-state index in [0.29, 0.717) is 33.6 Å². The molecule has 200 valence electrons. The van der Waals surface area contributed by atoms with Crippen molar-refractivity contribution in [3.05, 3.63) is 93.8 Å². The number of nitrogens with zero attached hydrogens (tertiary/aromatic N) is 3. The van der Waals surface area contributed by atoms with Gasteiger partial charge in [0.15, 0.2) is 11.6 Å². The van der Waals surface area contributed by atoms with Crippen LogP contribution in [0, 0.1) is 0 Å². The Balaban J connectivity index is 0.00000400. The number of allylic oxidation sites excluding steroid dienone is 2. The topological polar surface area (TPSA) is 74.2 Å². The number of benzene rings is 2. The molecule has 2 amide bonds. The molecule has 2 aliphatic heterocycles. The lowest BCUT2D eigenvalue weighted by Gasteiger charge is -2.23. The number of amidine groups is 1. The molecule has 1 N–H and O–H groups in total. The molecule has 2 aliphatic rings. The van der Waals surface area contributed by atoms with Crippen molar-refractivity contribution in [2.75, 3.05) is 25.0 Å². The highest BCUT2D eigenvalue weighted by Gasteiger charge is 2.35. The average Bonchev–Trinajstić information content (AvgIpc) is 3.20. The summed E-state index contributed by atoms with van der Waals surface area (Å²) in [6, 6.07) is 12.7. The fourth-order valence-corrected chi connectivity index (χ4v) is 4.83. The summed E-state index contributed by atoms with van der Waals surface area (Å²) in [6.07, 6.45) is 8.72. The largest absolute Gasteiger partial charge is 0.485 e. The summed E-state index contributed by atoms with van der Waals surface area (Å²) < 4.78 is 5.66. The van der Waals surface area contributed by atoms with Crippen molar-refractivity contribution in [1.29, 1.82) is 0 Å². The molecule has 0 aliphatic carbocycles. The predicted molar refractivity (Wildman–Crippen MR) is 159 cm³/mol. The maximum atomic E-state index is 12.8. The maximum Gasteiger partial charge on any atom is 0.246 e. The molecule has 2 aromatic rings. The van der Waals surface area contributed by atoms with Crippen LogP contribution < -0.4 is 10.2 Å². The van der Waals surface area contributed by atoms with Gasteiger partial charge in [0, 0.05) is 29.9 Å². The fourth-order valence-electron chi connectivity index (χ4n) is 3.78. The van der Waals surface area contributed by atoms with Crippen molar-refractivity contribution >= 4 is 81.0 Å². The smallest absolute Gasteiger partial charge is 0.246 e. The Bertz CT molecular complexity index is 1330. The monoisotopic (exact) mass is 638 g/mol. The van der Waals surface area contributed by atoms with Gasteiger partial charge in [-0.1, -0.05) is 69.5 Å². The molecule has 0 spiro atoms. The summed E-state index contributed by atoms with van der Waals surface area (Å²) in [5.41, 5.74) is 1.88. The van der Waals surface area contributed by atoms with E-state index in [4.69, 9.17) is 27.9 Å². The first kappa shape index (κ1) is 29.8. The summed E-state index contributed by atoms with van der Waals surface area (Å²) in [6.45, 7) is 2.55. The lowest BCUT2D eigenvalue weighted by Crippen LogP contribution is -2.37. The highest BCUT2D eigenvalue weighted by atomic mass is 79.9. The Hall–Kier alpha value is -2.78. The van der Waals surface area contributed by atoms with Crippen molar-refractivity contribution in [3.8, 4) is 0 Å². The van der Waals surface area contributed by atoms with E-state index >= 15 is 0 Å². The van der Waals surface area contributed by atoms with Gasteiger partial charge in [-0.25, -0.2) is 4.99 Å². The summed E-state index contributed by atoms with van der Waals surface area (Å²) in [5, 5.41) is 3.30. The SMILES string of the molecule is CN(C(=O)CNC(=O)C=Cc1ccccc1)c1ccc(Cl)c(COC2=CC=CN3CC(C)(Br)N=C23)c1Cl.Cl. The lowest BCUT2D eigenvalue weighted by atomic mass is 10.2. The van der Waals surface area contributed by atoms with E-state index < -0.39 is 4.45 Å². The van der Waals surface area contributed by atoms with Gasteiger partial charge in [-0.15, -0.1) is 12.4 Å². The minimum absolute atomic E-state index is 0. The van der Waals surface area contributed by atoms with Crippen LogP contribution in [0.5, 0.6) is 0 Å². The zero-order valence-electron chi connectivity index (χ0n) is 20.7. The number of halogens is 4. The van der Waals surface area contributed by atoms with E-state index in [1.54, 1.807) is 25.3 Å². The van der Waals surface area contributed by atoms with Gasteiger partial charge in [0.2, 0.25) is 11.8 Å². The number of likely N-dealkylation sites (N-methyl/N-ethyl adjacent to an activating group) is 1. The molecule has 0 saturated heterocycles. The van der Waals surface area contributed by atoms with Crippen LogP contribution in [0.4, 0.5) is 5.69 Å². The number of carbonyl (C=O) groups is 2. The van der Waals surface area contributed by atoms with Crippen molar-refractivity contribution in [1.82, 2.24) is 10.2 Å². The van der Waals surface area contributed by atoms with E-state index in [2.05, 4.69) is 26.2 Å². The van der Waals surface area contributed by atoms with E-state index in [1.807, 2.05) is 60.5 Å². The molecule has 2 aromatic carbocycles. The quantitative estimate of drug-likeness (QED) is 0.220. The normalized spacial score (nSPS) is 17.9. The Morgan fingerprint density at radius 3 is 2.71 bits per heavy atom.